The van der Waals surface area contributed by atoms with E-state index in [1.54, 1.807) is 30.0 Å². The van der Waals surface area contributed by atoms with Crippen molar-refractivity contribution in [1.29, 1.82) is 0 Å². The van der Waals surface area contributed by atoms with Crippen LogP contribution in [0.15, 0.2) is 65.0 Å². The lowest BCUT2D eigenvalue weighted by atomic mass is 10.1. The number of rotatable bonds is 4. The fourth-order valence-corrected chi connectivity index (χ4v) is 4.24. The Morgan fingerprint density at radius 1 is 1.10 bits per heavy atom. The molecule has 3 heterocycles. The Bertz CT molecular complexity index is 1130. The number of aromatic nitrogens is 2. The summed E-state index contributed by atoms with van der Waals surface area (Å²) in [5, 5.41) is 12.9. The molecule has 0 saturated carbocycles. The summed E-state index contributed by atoms with van der Waals surface area (Å²) in [6.45, 7) is 1.74. The number of anilines is 1. The third-order valence-electron chi connectivity index (χ3n) is 4.77. The number of H-pyrrole nitrogens is 1. The van der Waals surface area contributed by atoms with Gasteiger partial charge in [-0.05, 0) is 48.0 Å². The first-order valence-corrected chi connectivity index (χ1v) is 9.97. The Labute approximate surface area is 170 Å². The maximum absolute atomic E-state index is 13.1. The zero-order chi connectivity index (χ0) is 19.8. The first kappa shape index (κ1) is 17.7. The Morgan fingerprint density at radius 3 is 2.66 bits per heavy atom. The van der Waals surface area contributed by atoms with Gasteiger partial charge in [0.2, 0.25) is 0 Å². The number of hydrogen-bond acceptors (Lipinski definition) is 5. The number of hydrogen-bond donors (Lipinski definition) is 2. The van der Waals surface area contributed by atoms with Gasteiger partial charge in [0.05, 0.1) is 17.9 Å². The lowest BCUT2D eigenvalue weighted by molar-refractivity contribution is 0.102. The van der Waals surface area contributed by atoms with Gasteiger partial charge >= 0.3 is 0 Å². The molecule has 2 aromatic carbocycles. The second-order valence-corrected chi connectivity index (χ2v) is 7.48. The van der Waals surface area contributed by atoms with Gasteiger partial charge in [0.25, 0.3) is 5.91 Å². The maximum atomic E-state index is 13.1. The molecule has 0 atom stereocenters. The van der Waals surface area contributed by atoms with Gasteiger partial charge in [0, 0.05) is 23.2 Å². The van der Waals surface area contributed by atoms with Gasteiger partial charge in [-0.3, -0.25) is 14.9 Å². The van der Waals surface area contributed by atoms with Gasteiger partial charge in [-0.15, -0.1) is 0 Å². The van der Waals surface area contributed by atoms with Crippen LogP contribution in [-0.2, 0) is 0 Å². The normalized spacial score (nSPS) is 15.1. The van der Waals surface area contributed by atoms with Gasteiger partial charge in [-0.25, -0.2) is 4.39 Å². The van der Waals surface area contributed by atoms with Crippen LogP contribution in [0.3, 0.4) is 0 Å². The summed E-state index contributed by atoms with van der Waals surface area (Å²) in [4.78, 5) is 19.2. The van der Waals surface area contributed by atoms with Crippen LogP contribution in [-0.4, -0.2) is 39.3 Å². The van der Waals surface area contributed by atoms with E-state index in [-0.39, 0.29) is 11.7 Å². The molecule has 0 bridgehead atoms. The number of fused-ring (bicyclic) bond motifs is 1. The Morgan fingerprint density at radius 2 is 1.86 bits per heavy atom. The monoisotopic (exact) mass is 405 g/mol. The fraction of sp³-hybridized carbons (Fsp3) is 0.0952. The minimum atomic E-state index is -0.314. The van der Waals surface area contributed by atoms with E-state index >= 15 is 0 Å². The van der Waals surface area contributed by atoms with E-state index in [1.165, 1.54) is 12.1 Å². The molecule has 1 amide bonds. The van der Waals surface area contributed by atoms with E-state index in [9.17, 15) is 9.18 Å². The Hall–Kier alpha value is -3.39. The van der Waals surface area contributed by atoms with Gasteiger partial charge in [0.15, 0.2) is 5.17 Å². The number of aliphatic imine (C=N–C) groups is 1. The van der Waals surface area contributed by atoms with Crippen molar-refractivity contribution in [2.24, 2.45) is 4.99 Å². The highest BCUT2D eigenvalue weighted by Gasteiger charge is 2.26. The summed E-state index contributed by atoms with van der Waals surface area (Å²) in [5.74, 6) is -0.603. The number of amidine groups is 1. The highest BCUT2D eigenvalue weighted by atomic mass is 32.2. The van der Waals surface area contributed by atoms with Crippen molar-refractivity contribution in [3.8, 4) is 11.3 Å². The molecule has 0 spiro atoms. The second kappa shape index (κ2) is 7.21. The number of carbonyl (C=O) groups excluding carboxylic acids is 1. The van der Waals surface area contributed by atoms with Crippen LogP contribution in [0.1, 0.15) is 16.1 Å². The number of aromatic amines is 1. The molecule has 0 unspecified atom stereocenters. The minimum Gasteiger partial charge on any atom is -0.321 e. The first-order valence-electron chi connectivity index (χ1n) is 9.09. The van der Waals surface area contributed by atoms with E-state index in [2.05, 4.69) is 30.8 Å². The molecule has 2 aliphatic heterocycles. The van der Waals surface area contributed by atoms with Crippen LogP contribution in [0, 0.1) is 5.82 Å². The van der Waals surface area contributed by atoms with Crippen LogP contribution in [0.5, 0.6) is 0 Å². The number of nitrogens with zero attached hydrogens (tertiary/aromatic N) is 3. The quantitative estimate of drug-likeness (QED) is 0.683. The average Bonchev–Trinajstić information content (AvgIpc) is 3.46. The molecule has 0 saturated heterocycles. The standard InChI is InChI=1S/C21H16FN5OS/c22-15-5-1-13(2-6-15)17-11-18(26-25-17)20(28)24-16-7-3-14(4-8-16)19-12-29-21-23-9-10-27(19)21/h1-8,11-12H,9-10H2,(H,24,28)(H,25,26). The Balaban J connectivity index is 1.28. The number of halogens is 1. The van der Waals surface area contributed by atoms with Crippen LogP contribution >= 0.6 is 11.8 Å². The van der Waals surface area contributed by atoms with E-state index in [1.807, 2.05) is 24.3 Å². The third-order valence-corrected chi connectivity index (χ3v) is 5.67. The number of benzene rings is 2. The van der Waals surface area contributed by atoms with Crippen molar-refractivity contribution in [3.63, 3.8) is 0 Å². The molecule has 5 rings (SSSR count). The molecule has 6 nitrogen and oxygen atoms in total. The van der Waals surface area contributed by atoms with Crippen LogP contribution < -0.4 is 5.32 Å². The topological polar surface area (TPSA) is 73.4 Å². The van der Waals surface area contributed by atoms with Crippen molar-refractivity contribution in [2.75, 3.05) is 18.4 Å². The molecule has 8 heteroatoms. The SMILES string of the molecule is O=C(Nc1ccc(C2=CSC3=NCCN23)cc1)c1cc(-c2ccc(F)cc2)n[nH]1. The largest absolute Gasteiger partial charge is 0.321 e. The van der Waals surface area contributed by atoms with E-state index < -0.39 is 0 Å². The second-order valence-electron chi connectivity index (χ2n) is 6.64. The van der Waals surface area contributed by atoms with Gasteiger partial charge < -0.3 is 10.2 Å². The predicted octanol–water partition coefficient (Wildman–Crippen LogP) is 4.18. The van der Waals surface area contributed by atoms with Crippen molar-refractivity contribution >= 4 is 34.2 Å². The number of amides is 1. The number of carbonyl (C=O) groups is 1. The smallest absolute Gasteiger partial charge is 0.273 e. The average molecular weight is 405 g/mol. The van der Waals surface area contributed by atoms with Crippen LogP contribution in [0.25, 0.3) is 17.0 Å². The minimum absolute atomic E-state index is 0.289. The van der Waals surface area contributed by atoms with Crippen molar-refractivity contribution in [2.45, 2.75) is 0 Å². The van der Waals surface area contributed by atoms with E-state index in [4.69, 9.17) is 0 Å². The molecular formula is C21H16FN5OS. The molecule has 144 valence electrons. The molecule has 0 radical (unpaired) electrons. The molecule has 29 heavy (non-hydrogen) atoms. The van der Waals surface area contributed by atoms with E-state index in [0.29, 0.717) is 17.1 Å². The molecule has 2 N–H and O–H groups in total. The van der Waals surface area contributed by atoms with Crippen LogP contribution in [0.2, 0.25) is 0 Å². The first-order chi connectivity index (χ1) is 14.2. The van der Waals surface area contributed by atoms with Gasteiger partial charge in [-0.2, -0.15) is 5.10 Å². The molecule has 3 aromatic rings. The van der Waals surface area contributed by atoms with E-state index in [0.717, 1.165) is 35.1 Å². The molecular weight excluding hydrogens is 389 g/mol. The molecule has 0 fully saturated rings. The lowest BCUT2D eigenvalue weighted by Crippen LogP contribution is -2.19. The summed E-state index contributed by atoms with van der Waals surface area (Å²) in [6.07, 6.45) is 0. The summed E-state index contributed by atoms with van der Waals surface area (Å²) < 4.78 is 13.1. The zero-order valence-electron chi connectivity index (χ0n) is 15.2. The lowest BCUT2D eigenvalue weighted by Gasteiger charge is -2.16. The summed E-state index contributed by atoms with van der Waals surface area (Å²) in [7, 11) is 0. The van der Waals surface area contributed by atoms with Crippen LogP contribution in [0.4, 0.5) is 10.1 Å². The predicted molar refractivity (Wildman–Crippen MR) is 113 cm³/mol. The maximum Gasteiger partial charge on any atom is 0.273 e. The van der Waals surface area contributed by atoms with Crippen molar-refractivity contribution < 1.29 is 9.18 Å². The summed E-state index contributed by atoms with van der Waals surface area (Å²) in [6, 6.07) is 15.3. The number of thioether (sulfide) groups is 1. The van der Waals surface area contributed by atoms with Gasteiger partial charge in [0.1, 0.15) is 11.5 Å². The van der Waals surface area contributed by atoms with Gasteiger partial charge in [-0.1, -0.05) is 23.9 Å². The summed E-state index contributed by atoms with van der Waals surface area (Å²) >= 11 is 1.64. The van der Waals surface area contributed by atoms with Crippen molar-refractivity contribution in [1.82, 2.24) is 15.1 Å². The Kier molecular flexibility index (Phi) is 4.40. The molecule has 0 aliphatic carbocycles. The fourth-order valence-electron chi connectivity index (χ4n) is 3.28. The molecule has 1 aromatic heterocycles. The zero-order valence-corrected chi connectivity index (χ0v) is 16.0. The van der Waals surface area contributed by atoms with Crippen molar-refractivity contribution in [3.05, 3.63) is 77.1 Å². The molecule has 2 aliphatic rings. The summed E-state index contributed by atoms with van der Waals surface area (Å²) in [5.41, 5.74) is 4.57. The highest BCUT2D eigenvalue weighted by Crippen LogP contribution is 2.35. The number of nitrogens with one attached hydrogen (secondary N) is 2. The highest BCUT2D eigenvalue weighted by molar-refractivity contribution is 8.16. The third kappa shape index (κ3) is 3.42.